The third-order valence-corrected chi connectivity index (χ3v) is 7.16. The number of carbonyl (C=O) groups is 1. The summed E-state index contributed by atoms with van der Waals surface area (Å²) >= 11 is 1.12. The molecule has 4 aromatic rings. The molecule has 0 radical (unpaired) electrons. The van der Waals surface area contributed by atoms with Gasteiger partial charge in [-0.1, -0.05) is 31.2 Å². The van der Waals surface area contributed by atoms with Crippen molar-refractivity contribution in [1.82, 2.24) is 15.2 Å². The van der Waals surface area contributed by atoms with Crippen LogP contribution in [0.2, 0.25) is 0 Å². The molecule has 1 amide bonds. The Kier molecular flexibility index (Phi) is 9.02. The van der Waals surface area contributed by atoms with Gasteiger partial charge in [-0.3, -0.25) is 4.79 Å². The number of hydrogen-bond donors (Lipinski definition) is 3. The lowest BCUT2D eigenvalue weighted by molar-refractivity contribution is 0.0833. The Morgan fingerprint density at radius 2 is 1.79 bits per heavy atom. The third kappa shape index (κ3) is 6.72. The number of halogens is 2. The van der Waals surface area contributed by atoms with Crippen molar-refractivity contribution >= 4 is 17.2 Å². The van der Waals surface area contributed by atoms with E-state index in [1.807, 2.05) is 18.2 Å². The number of carbonyl (C=O) groups excluding carboxylic acids is 1. The van der Waals surface area contributed by atoms with Gasteiger partial charge in [0, 0.05) is 36.9 Å². The fraction of sp³-hybridized carbons (Fsp3) is 0.241. The Hall–Kier alpha value is -3.84. The van der Waals surface area contributed by atoms with E-state index in [4.69, 9.17) is 0 Å². The summed E-state index contributed by atoms with van der Waals surface area (Å²) in [6.07, 6.45) is 3.32. The van der Waals surface area contributed by atoms with E-state index in [2.05, 4.69) is 29.7 Å². The first-order valence-corrected chi connectivity index (χ1v) is 13.1. The summed E-state index contributed by atoms with van der Waals surface area (Å²) in [4.78, 5) is 13.7. The van der Waals surface area contributed by atoms with E-state index in [-0.39, 0.29) is 13.0 Å². The first-order valence-electron chi connectivity index (χ1n) is 12.2. The minimum Gasteiger partial charge on any atom is -0.390 e. The van der Waals surface area contributed by atoms with Crippen LogP contribution in [0.4, 0.5) is 8.78 Å². The molecule has 2 heterocycles. The number of aryl methyl sites for hydroxylation is 1. The summed E-state index contributed by atoms with van der Waals surface area (Å²) < 4.78 is 29.4. The molecule has 3 N–H and O–H groups in total. The van der Waals surface area contributed by atoms with Crippen molar-refractivity contribution in [2.75, 3.05) is 6.54 Å². The molecule has 2 aromatic heterocycles. The zero-order chi connectivity index (χ0) is 27.1. The number of rotatable bonds is 11. The van der Waals surface area contributed by atoms with Crippen LogP contribution in [0, 0.1) is 23.0 Å². The first kappa shape index (κ1) is 27.2. The van der Waals surface area contributed by atoms with Gasteiger partial charge >= 0.3 is 0 Å². The molecule has 196 valence electrons. The minimum absolute atomic E-state index is 0.00389. The molecule has 38 heavy (non-hydrogen) atoms. The number of aliphatic hydroxyl groups is 1. The van der Waals surface area contributed by atoms with E-state index in [1.54, 1.807) is 34.5 Å². The molecular formula is C29H28F2N4O2S. The molecule has 2 unspecified atom stereocenters. The molecule has 0 saturated heterocycles. The second-order valence-electron chi connectivity index (χ2n) is 8.96. The van der Waals surface area contributed by atoms with Gasteiger partial charge in [-0.05, 0) is 53.8 Å². The van der Waals surface area contributed by atoms with Crippen molar-refractivity contribution in [2.24, 2.45) is 0 Å². The van der Waals surface area contributed by atoms with E-state index in [1.165, 1.54) is 17.7 Å². The molecule has 0 bridgehead atoms. The maximum atomic E-state index is 13.9. The smallest absolute Gasteiger partial charge is 0.263 e. The number of nitriles is 1. The summed E-state index contributed by atoms with van der Waals surface area (Å²) in [6, 6.07) is 16.1. The van der Waals surface area contributed by atoms with Gasteiger partial charge in [0.25, 0.3) is 5.91 Å². The number of benzene rings is 2. The SMILES string of the molecule is CCc1cccc(CNCC(O)C(Cc2cc(F)cc(F)c2)NC(=O)c2scc(C#N)c2-n2cccc2)c1. The van der Waals surface area contributed by atoms with Crippen molar-refractivity contribution in [3.63, 3.8) is 0 Å². The second kappa shape index (κ2) is 12.6. The topological polar surface area (TPSA) is 90.1 Å². The Morgan fingerprint density at radius 3 is 2.47 bits per heavy atom. The van der Waals surface area contributed by atoms with Crippen molar-refractivity contribution in [1.29, 1.82) is 5.26 Å². The average molecular weight is 535 g/mol. The van der Waals surface area contributed by atoms with Gasteiger partial charge in [0.1, 0.15) is 22.6 Å². The first-order chi connectivity index (χ1) is 18.4. The van der Waals surface area contributed by atoms with Crippen LogP contribution in [-0.4, -0.2) is 34.3 Å². The van der Waals surface area contributed by atoms with Crippen molar-refractivity contribution in [3.8, 4) is 11.8 Å². The number of amides is 1. The zero-order valence-corrected chi connectivity index (χ0v) is 21.6. The van der Waals surface area contributed by atoms with Crippen LogP contribution in [0.25, 0.3) is 5.69 Å². The summed E-state index contributed by atoms with van der Waals surface area (Å²) in [5.74, 6) is -1.96. The van der Waals surface area contributed by atoms with E-state index < -0.39 is 29.7 Å². The number of nitrogens with zero attached hydrogens (tertiary/aromatic N) is 2. The Balaban J connectivity index is 1.53. The average Bonchev–Trinajstić information content (AvgIpc) is 3.57. The molecule has 0 aliphatic rings. The van der Waals surface area contributed by atoms with E-state index in [0.717, 1.165) is 29.4 Å². The lowest BCUT2D eigenvalue weighted by Gasteiger charge is -2.25. The number of nitrogens with one attached hydrogen (secondary N) is 2. The monoisotopic (exact) mass is 534 g/mol. The van der Waals surface area contributed by atoms with Gasteiger partial charge in [-0.2, -0.15) is 5.26 Å². The second-order valence-corrected chi connectivity index (χ2v) is 9.84. The van der Waals surface area contributed by atoms with E-state index in [9.17, 15) is 23.9 Å². The van der Waals surface area contributed by atoms with Gasteiger partial charge in [0.15, 0.2) is 0 Å². The number of thiophene rings is 1. The summed E-state index contributed by atoms with van der Waals surface area (Å²) in [5.41, 5.74) is 3.35. The number of aliphatic hydroxyl groups excluding tert-OH is 1. The molecule has 0 saturated carbocycles. The highest BCUT2D eigenvalue weighted by Crippen LogP contribution is 2.27. The fourth-order valence-corrected chi connectivity index (χ4v) is 5.19. The van der Waals surface area contributed by atoms with Crippen LogP contribution in [0.1, 0.15) is 38.8 Å². The maximum Gasteiger partial charge on any atom is 0.263 e. The van der Waals surface area contributed by atoms with Crippen LogP contribution in [0.3, 0.4) is 0 Å². The molecule has 2 atom stereocenters. The van der Waals surface area contributed by atoms with Gasteiger partial charge in [0.2, 0.25) is 0 Å². The van der Waals surface area contributed by atoms with Gasteiger partial charge in [-0.15, -0.1) is 11.3 Å². The Morgan fingerprint density at radius 1 is 1.08 bits per heavy atom. The van der Waals surface area contributed by atoms with Crippen LogP contribution < -0.4 is 10.6 Å². The lowest BCUT2D eigenvalue weighted by Crippen LogP contribution is -2.48. The highest BCUT2D eigenvalue weighted by atomic mass is 32.1. The molecule has 0 aliphatic heterocycles. The fourth-order valence-electron chi connectivity index (χ4n) is 4.30. The molecule has 0 spiro atoms. The molecule has 9 heteroatoms. The van der Waals surface area contributed by atoms with Gasteiger partial charge in [-0.25, -0.2) is 8.78 Å². The quantitative estimate of drug-likeness (QED) is 0.259. The van der Waals surface area contributed by atoms with E-state index in [0.29, 0.717) is 28.2 Å². The van der Waals surface area contributed by atoms with Crippen molar-refractivity contribution < 1.29 is 18.7 Å². The lowest BCUT2D eigenvalue weighted by atomic mass is 10.00. The minimum atomic E-state index is -1.06. The molecule has 4 rings (SSSR count). The molecule has 6 nitrogen and oxygen atoms in total. The summed E-state index contributed by atoms with van der Waals surface area (Å²) in [6.45, 7) is 2.72. The van der Waals surface area contributed by atoms with Crippen LogP contribution in [0.5, 0.6) is 0 Å². The largest absolute Gasteiger partial charge is 0.390 e. The van der Waals surface area contributed by atoms with Gasteiger partial charge in [0.05, 0.1) is 23.4 Å². The molecule has 2 aromatic carbocycles. The molecule has 0 fully saturated rings. The Bertz CT molecular complexity index is 1410. The normalized spacial score (nSPS) is 12.6. The Labute approximate surface area is 224 Å². The van der Waals surface area contributed by atoms with Crippen LogP contribution in [-0.2, 0) is 19.4 Å². The highest BCUT2D eigenvalue weighted by molar-refractivity contribution is 7.12. The predicted molar refractivity (Wildman–Crippen MR) is 143 cm³/mol. The van der Waals surface area contributed by atoms with Crippen molar-refractivity contribution in [2.45, 2.75) is 38.5 Å². The summed E-state index contributed by atoms with van der Waals surface area (Å²) in [5, 5.41) is 28.3. The zero-order valence-electron chi connectivity index (χ0n) is 20.8. The standard InChI is InChI=1S/C29H28F2N4O2S/c1-2-19-6-5-7-20(10-19)16-33-17-26(36)25(13-21-11-23(30)14-24(31)12-21)34-29(37)28-27(22(15-32)18-38-28)35-8-3-4-9-35/h3-12,14,18,25-26,33,36H,2,13,16-17H2,1H3,(H,34,37). The maximum absolute atomic E-state index is 13.9. The number of aromatic nitrogens is 1. The van der Waals surface area contributed by atoms with Crippen LogP contribution in [0.15, 0.2) is 72.4 Å². The highest BCUT2D eigenvalue weighted by Gasteiger charge is 2.26. The van der Waals surface area contributed by atoms with Gasteiger partial charge < -0.3 is 20.3 Å². The van der Waals surface area contributed by atoms with Crippen molar-refractivity contribution in [3.05, 3.63) is 111 Å². The predicted octanol–water partition coefficient (Wildman–Crippen LogP) is 4.74. The van der Waals surface area contributed by atoms with Crippen LogP contribution >= 0.6 is 11.3 Å². The summed E-state index contributed by atoms with van der Waals surface area (Å²) in [7, 11) is 0. The molecular weight excluding hydrogens is 506 g/mol. The third-order valence-electron chi connectivity index (χ3n) is 6.20. The van der Waals surface area contributed by atoms with E-state index >= 15 is 0 Å². The molecule has 0 aliphatic carbocycles. The number of hydrogen-bond acceptors (Lipinski definition) is 5.